The molecule has 1 N–H and O–H groups in total. The molecular formula is C18H15F3N4O2. The van der Waals surface area contributed by atoms with Crippen LogP contribution in [0.5, 0.6) is 5.75 Å². The van der Waals surface area contributed by atoms with E-state index in [1.165, 1.54) is 10.5 Å². The molecule has 1 aliphatic rings. The van der Waals surface area contributed by atoms with Crippen LogP contribution in [0.15, 0.2) is 42.6 Å². The van der Waals surface area contributed by atoms with Crippen molar-refractivity contribution in [2.24, 2.45) is 5.92 Å². The van der Waals surface area contributed by atoms with Crippen molar-refractivity contribution in [2.75, 3.05) is 6.61 Å². The SMILES string of the molecule is O=C(NCc1nnc2ccc(C(F)(F)F)cn12)C1COc2ccccc2C1. The molecule has 3 heterocycles. The number of alkyl halides is 3. The van der Waals surface area contributed by atoms with Gasteiger partial charge in [0.1, 0.15) is 12.4 Å². The van der Waals surface area contributed by atoms with Crippen LogP contribution in [-0.4, -0.2) is 27.1 Å². The van der Waals surface area contributed by atoms with Gasteiger partial charge in [0.25, 0.3) is 0 Å². The van der Waals surface area contributed by atoms with Crippen molar-refractivity contribution in [2.45, 2.75) is 19.1 Å². The van der Waals surface area contributed by atoms with Gasteiger partial charge in [0.15, 0.2) is 11.5 Å². The number of carbonyl (C=O) groups excluding carboxylic acids is 1. The van der Waals surface area contributed by atoms with Gasteiger partial charge in [-0.05, 0) is 30.2 Å². The molecule has 0 fully saturated rings. The number of halogens is 3. The summed E-state index contributed by atoms with van der Waals surface area (Å²) in [6.07, 6.45) is -3.00. The lowest BCUT2D eigenvalue weighted by atomic mass is 9.96. The minimum Gasteiger partial charge on any atom is -0.492 e. The van der Waals surface area contributed by atoms with Crippen LogP contribution >= 0.6 is 0 Å². The van der Waals surface area contributed by atoms with Crippen LogP contribution in [-0.2, 0) is 23.9 Å². The average Bonchev–Trinajstić information content (AvgIpc) is 3.07. The summed E-state index contributed by atoms with van der Waals surface area (Å²) >= 11 is 0. The van der Waals surface area contributed by atoms with Crippen LogP contribution in [0.3, 0.4) is 0 Å². The van der Waals surface area contributed by atoms with E-state index in [0.717, 1.165) is 23.6 Å². The summed E-state index contributed by atoms with van der Waals surface area (Å²) in [5, 5.41) is 10.4. The lowest BCUT2D eigenvalue weighted by Gasteiger charge is -2.24. The Kier molecular flexibility index (Phi) is 4.21. The standard InChI is InChI=1S/C18H15F3N4O2/c19-18(20,21)13-5-6-15-23-24-16(25(15)9-13)8-22-17(26)12-7-11-3-1-2-4-14(11)27-10-12/h1-6,9,12H,7-8,10H2,(H,22,26). The Morgan fingerprint density at radius 2 is 2.04 bits per heavy atom. The van der Waals surface area contributed by atoms with Crippen molar-refractivity contribution in [1.82, 2.24) is 19.9 Å². The maximum Gasteiger partial charge on any atom is 0.417 e. The van der Waals surface area contributed by atoms with Crippen molar-refractivity contribution in [1.29, 1.82) is 0 Å². The molecule has 1 aliphatic heterocycles. The van der Waals surface area contributed by atoms with E-state index in [1.54, 1.807) is 0 Å². The third-order valence-corrected chi connectivity index (χ3v) is 4.47. The molecule has 9 heteroatoms. The Balaban J connectivity index is 1.46. The van der Waals surface area contributed by atoms with E-state index in [4.69, 9.17) is 4.74 Å². The highest BCUT2D eigenvalue weighted by Gasteiger charge is 2.31. The number of rotatable bonds is 3. The first-order chi connectivity index (χ1) is 12.9. The summed E-state index contributed by atoms with van der Waals surface area (Å²) in [4.78, 5) is 12.4. The molecule has 0 aliphatic carbocycles. The molecule has 0 saturated heterocycles. The minimum absolute atomic E-state index is 0.0283. The van der Waals surface area contributed by atoms with E-state index in [9.17, 15) is 18.0 Å². The number of ether oxygens (including phenoxy) is 1. The molecule has 1 unspecified atom stereocenters. The fourth-order valence-electron chi connectivity index (χ4n) is 3.03. The second-order valence-corrected chi connectivity index (χ2v) is 6.30. The van der Waals surface area contributed by atoms with Crippen LogP contribution in [0.25, 0.3) is 5.65 Å². The smallest absolute Gasteiger partial charge is 0.417 e. The zero-order chi connectivity index (χ0) is 19.0. The number of nitrogens with zero attached hydrogens (tertiary/aromatic N) is 3. The number of fused-ring (bicyclic) bond motifs is 2. The molecule has 0 saturated carbocycles. The monoisotopic (exact) mass is 376 g/mol. The van der Waals surface area contributed by atoms with Crippen molar-refractivity contribution >= 4 is 11.6 Å². The van der Waals surface area contributed by atoms with Gasteiger partial charge in [-0.3, -0.25) is 9.20 Å². The number of pyridine rings is 1. The molecular weight excluding hydrogens is 361 g/mol. The molecule has 6 nitrogen and oxygen atoms in total. The van der Waals surface area contributed by atoms with Crippen LogP contribution in [0.4, 0.5) is 13.2 Å². The maximum absolute atomic E-state index is 12.9. The third-order valence-electron chi connectivity index (χ3n) is 4.47. The highest BCUT2D eigenvalue weighted by atomic mass is 19.4. The normalized spacial score (nSPS) is 16.6. The lowest BCUT2D eigenvalue weighted by Crippen LogP contribution is -2.37. The highest BCUT2D eigenvalue weighted by Crippen LogP contribution is 2.29. The Bertz CT molecular complexity index is 1000. The fraction of sp³-hybridized carbons (Fsp3) is 0.278. The number of hydrogen-bond acceptors (Lipinski definition) is 4. The molecule has 0 bridgehead atoms. The summed E-state index contributed by atoms with van der Waals surface area (Å²) < 4.78 is 45.5. The van der Waals surface area contributed by atoms with E-state index in [-0.39, 0.29) is 36.4 Å². The molecule has 3 aromatic rings. The number of carbonyl (C=O) groups is 1. The zero-order valence-corrected chi connectivity index (χ0v) is 14.0. The first kappa shape index (κ1) is 17.3. The molecule has 4 rings (SSSR count). The van der Waals surface area contributed by atoms with E-state index in [1.807, 2.05) is 24.3 Å². The number of para-hydroxylation sites is 1. The van der Waals surface area contributed by atoms with Gasteiger partial charge < -0.3 is 10.1 Å². The van der Waals surface area contributed by atoms with Crippen molar-refractivity contribution in [3.8, 4) is 5.75 Å². The highest BCUT2D eigenvalue weighted by molar-refractivity contribution is 5.79. The molecule has 1 aromatic carbocycles. The Morgan fingerprint density at radius 3 is 2.85 bits per heavy atom. The van der Waals surface area contributed by atoms with Gasteiger partial charge in [-0.1, -0.05) is 18.2 Å². The Morgan fingerprint density at radius 1 is 1.22 bits per heavy atom. The Labute approximate surface area is 152 Å². The molecule has 0 spiro atoms. The molecule has 140 valence electrons. The van der Waals surface area contributed by atoms with Crippen molar-refractivity contribution in [3.05, 3.63) is 59.5 Å². The van der Waals surface area contributed by atoms with Crippen LogP contribution in [0, 0.1) is 5.92 Å². The molecule has 1 amide bonds. The second kappa shape index (κ2) is 6.57. The maximum atomic E-state index is 12.9. The minimum atomic E-state index is -4.47. The van der Waals surface area contributed by atoms with Gasteiger partial charge in [-0.2, -0.15) is 13.2 Å². The zero-order valence-electron chi connectivity index (χ0n) is 14.0. The summed E-state index contributed by atoms with van der Waals surface area (Å²) in [6.45, 7) is 0.223. The lowest BCUT2D eigenvalue weighted by molar-refractivity contribution is -0.138. The van der Waals surface area contributed by atoms with Crippen LogP contribution in [0.1, 0.15) is 17.0 Å². The molecule has 27 heavy (non-hydrogen) atoms. The Hall–Kier alpha value is -3.10. The second-order valence-electron chi connectivity index (χ2n) is 6.30. The van der Waals surface area contributed by atoms with Crippen molar-refractivity contribution in [3.63, 3.8) is 0 Å². The van der Waals surface area contributed by atoms with Gasteiger partial charge in [-0.15, -0.1) is 10.2 Å². The first-order valence-corrected chi connectivity index (χ1v) is 8.31. The summed E-state index contributed by atoms with van der Waals surface area (Å²) in [5.74, 6) is 0.379. The fourth-order valence-corrected chi connectivity index (χ4v) is 3.03. The third kappa shape index (κ3) is 3.44. The topological polar surface area (TPSA) is 68.5 Å². The van der Waals surface area contributed by atoms with E-state index in [2.05, 4.69) is 15.5 Å². The van der Waals surface area contributed by atoms with Crippen molar-refractivity contribution < 1.29 is 22.7 Å². The number of benzene rings is 1. The van der Waals surface area contributed by atoms with Gasteiger partial charge in [0.05, 0.1) is 18.0 Å². The summed E-state index contributed by atoms with van der Waals surface area (Å²) in [6, 6.07) is 9.69. The number of aromatic nitrogens is 3. The first-order valence-electron chi connectivity index (χ1n) is 8.31. The average molecular weight is 376 g/mol. The summed E-state index contributed by atoms with van der Waals surface area (Å²) in [5.41, 5.74) is 0.425. The summed E-state index contributed by atoms with van der Waals surface area (Å²) in [7, 11) is 0. The van der Waals surface area contributed by atoms with E-state index < -0.39 is 11.7 Å². The van der Waals surface area contributed by atoms with Crippen LogP contribution < -0.4 is 10.1 Å². The van der Waals surface area contributed by atoms with E-state index >= 15 is 0 Å². The molecule has 0 radical (unpaired) electrons. The van der Waals surface area contributed by atoms with E-state index in [0.29, 0.717) is 6.42 Å². The number of hydrogen-bond donors (Lipinski definition) is 1. The van der Waals surface area contributed by atoms with Gasteiger partial charge in [-0.25, -0.2) is 0 Å². The van der Waals surface area contributed by atoms with Gasteiger partial charge in [0, 0.05) is 6.20 Å². The predicted octanol–water partition coefficient (Wildman–Crippen LogP) is 2.62. The van der Waals surface area contributed by atoms with Gasteiger partial charge in [0.2, 0.25) is 5.91 Å². The number of amides is 1. The van der Waals surface area contributed by atoms with Gasteiger partial charge >= 0.3 is 6.18 Å². The quantitative estimate of drug-likeness (QED) is 0.763. The van der Waals surface area contributed by atoms with Crippen LogP contribution in [0.2, 0.25) is 0 Å². The largest absolute Gasteiger partial charge is 0.492 e. The molecule has 1 atom stereocenters. The predicted molar refractivity (Wildman–Crippen MR) is 89.0 cm³/mol. The molecule has 2 aromatic heterocycles. The number of nitrogens with one attached hydrogen (secondary N) is 1.